The van der Waals surface area contributed by atoms with Crippen molar-refractivity contribution >= 4 is 11.6 Å². The second-order valence-corrected chi connectivity index (χ2v) is 5.81. The molecular weight excluding hydrogens is 264 g/mol. The molecule has 0 aromatic carbocycles. The van der Waals surface area contributed by atoms with Crippen LogP contribution in [0.25, 0.3) is 0 Å². The number of hydrogen-bond donors (Lipinski definition) is 2. The van der Waals surface area contributed by atoms with Crippen LogP contribution in [0.15, 0.2) is 24.4 Å². The average Bonchev–Trinajstić information content (AvgIpc) is 2.45. The summed E-state index contributed by atoms with van der Waals surface area (Å²) < 4.78 is 0. The number of anilines is 2. The Kier molecular flexibility index (Phi) is 4.67. The highest BCUT2D eigenvalue weighted by atomic mass is 15.1. The van der Waals surface area contributed by atoms with Crippen molar-refractivity contribution in [1.82, 2.24) is 20.2 Å². The first-order valence-electron chi connectivity index (χ1n) is 7.13. The zero-order chi connectivity index (χ0) is 15.3. The van der Waals surface area contributed by atoms with E-state index in [9.17, 15) is 0 Å². The minimum absolute atomic E-state index is 0.103. The van der Waals surface area contributed by atoms with Gasteiger partial charge in [-0.3, -0.25) is 0 Å². The maximum Gasteiger partial charge on any atom is 0.138 e. The summed E-state index contributed by atoms with van der Waals surface area (Å²) in [6.07, 6.45) is 1.66. The summed E-state index contributed by atoms with van der Waals surface area (Å²) in [5.41, 5.74) is 0.771. The Morgan fingerprint density at radius 1 is 1.10 bits per heavy atom. The van der Waals surface area contributed by atoms with Gasteiger partial charge < -0.3 is 10.6 Å². The quantitative estimate of drug-likeness (QED) is 0.880. The van der Waals surface area contributed by atoms with Crippen molar-refractivity contribution in [3.05, 3.63) is 35.9 Å². The van der Waals surface area contributed by atoms with Gasteiger partial charge in [-0.1, -0.05) is 20.8 Å². The first-order chi connectivity index (χ1) is 9.99. The normalized spacial score (nSPS) is 11.2. The van der Waals surface area contributed by atoms with Gasteiger partial charge in [0.05, 0.1) is 12.2 Å². The van der Waals surface area contributed by atoms with Crippen molar-refractivity contribution in [1.29, 1.82) is 0 Å². The van der Waals surface area contributed by atoms with Crippen LogP contribution in [0.2, 0.25) is 0 Å². The second-order valence-electron chi connectivity index (χ2n) is 5.81. The van der Waals surface area contributed by atoms with Gasteiger partial charge in [-0.25, -0.2) is 9.97 Å². The molecule has 0 spiro atoms. The van der Waals surface area contributed by atoms with Crippen molar-refractivity contribution < 1.29 is 0 Å². The largest absolute Gasteiger partial charge is 0.370 e. The molecule has 6 heteroatoms. The highest BCUT2D eigenvalue weighted by molar-refractivity contribution is 5.48. The Bertz CT molecular complexity index is 576. The summed E-state index contributed by atoms with van der Waals surface area (Å²) in [7, 11) is 0. The van der Waals surface area contributed by atoms with E-state index < -0.39 is 0 Å². The van der Waals surface area contributed by atoms with Crippen molar-refractivity contribution in [2.45, 2.75) is 39.7 Å². The molecule has 0 radical (unpaired) electrons. The number of hydrogen-bond acceptors (Lipinski definition) is 6. The molecule has 2 heterocycles. The molecule has 0 atom stereocenters. The maximum atomic E-state index is 4.59. The minimum Gasteiger partial charge on any atom is -0.370 e. The van der Waals surface area contributed by atoms with Gasteiger partial charge in [-0.2, -0.15) is 10.2 Å². The van der Waals surface area contributed by atoms with Crippen molar-refractivity contribution in [3.8, 4) is 0 Å². The molecule has 0 amide bonds. The topological polar surface area (TPSA) is 75.6 Å². The lowest BCUT2D eigenvalue weighted by Gasteiger charge is -2.19. The molecule has 0 unspecified atom stereocenters. The predicted molar refractivity (Wildman–Crippen MR) is 84.3 cm³/mol. The van der Waals surface area contributed by atoms with Gasteiger partial charge in [-0.05, 0) is 19.1 Å². The van der Waals surface area contributed by atoms with E-state index in [0.717, 1.165) is 29.7 Å². The summed E-state index contributed by atoms with van der Waals surface area (Å²) in [4.78, 5) is 9.15. The van der Waals surface area contributed by atoms with E-state index in [2.05, 4.69) is 51.6 Å². The smallest absolute Gasteiger partial charge is 0.138 e. The summed E-state index contributed by atoms with van der Waals surface area (Å²) in [6, 6.07) is 5.71. The van der Waals surface area contributed by atoms with Gasteiger partial charge in [0, 0.05) is 24.2 Å². The van der Waals surface area contributed by atoms with Crippen LogP contribution in [-0.2, 0) is 12.0 Å². The van der Waals surface area contributed by atoms with Crippen molar-refractivity contribution in [2.24, 2.45) is 0 Å². The summed E-state index contributed by atoms with van der Waals surface area (Å²) in [5, 5.41) is 14.4. The van der Waals surface area contributed by atoms with Crippen LogP contribution in [0, 0.1) is 0 Å². The van der Waals surface area contributed by atoms with Crippen LogP contribution in [0.4, 0.5) is 11.6 Å². The molecule has 0 aliphatic heterocycles. The van der Waals surface area contributed by atoms with Gasteiger partial charge in [0.1, 0.15) is 17.5 Å². The van der Waals surface area contributed by atoms with E-state index in [1.165, 1.54) is 0 Å². The summed E-state index contributed by atoms with van der Waals surface area (Å²) in [6.45, 7) is 9.76. The highest BCUT2D eigenvalue weighted by Gasteiger charge is 2.19. The van der Waals surface area contributed by atoms with E-state index in [0.29, 0.717) is 6.54 Å². The molecule has 0 saturated carbocycles. The Balaban J connectivity index is 2.19. The molecule has 0 aliphatic rings. The Hall–Kier alpha value is -2.24. The number of rotatable bonds is 5. The van der Waals surface area contributed by atoms with Crippen LogP contribution in [-0.4, -0.2) is 26.7 Å². The van der Waals surface area contributed by atoms with Crippen molar-refractivity contribution in [2.75, 3.05) is 17.2 Å². The molecule has 0 saturated heterocycles. The molecule has 112 valence electrons. The van der Waals surface area contributed by atoms with E-state index in [1.807, 2.05) is 25.1 Å². The monoisotopic (exact) mass is 286 g/mol. The third-order valence-electron chi connectivity index (χ3n) is 2.83. The Morgan fingerprint density at radius 3 is 2.38 bits per heavy atom. The molecule has 2 aromatic rings. The van der Waals surface area contributed by atoms with Crippen LogP contribution in [0.5, 0.6) is 0 Å². The van der Waals surface area contributed by atoms with Gasteiger partial charge in [-0.15, -0.1) is 0 Å². The Morgan fingerprint density at radius 2 is 1.81 bits per heavy atom. The maximum absolute atomic E-state index is 4.59. The predicted octanol–water partition coefficient (Wildman–Crippen LogP) is 2.61. The molecule has 2 N–H and O–H groups in total. The Labute approximate surface area is 125 Å². The zero-order valence-corrected chi connectivity index (χ0v) is 13.0. The van der Waals surface area contributed by atoms with Gasteiger partial charge in [0.15, 0.2) is 0 Å². The lowest BCUT2D eigenvalue weighted by molar-refractivity contribution is 0.546. The fraction of sp³-hybridized carbons (Fsp3) is 0.467. The zero-order valence-electron chi connectivity index (χ0n) is 13.0. The minimum atomic E-state index is -0.103. The summed E-state index contributed by atoms with van der Waals surface area (Å²) >= 11 is 0. The van der Waals surface area contributed by atoms with Gasteiger partial charge >= 0.3 is 0 Å². The molecule has 2 rings (SSSR count). The number of aromatic nitrogens is 4. The van der Waals surface area contributed by atoms with Crippen molar-refractivity contribution in [3.63, 3.8) is 0 Å². The first-order valence-corrected chi connectivity index (χ1v) is 7.13. The fourth-order valence-electron chi connectivity index (χ4n) is 1.75. The SMILES string of the molecule is CCNc1cc(NCc2cccnn2)nc(C(C)(C)C)n1. The second kappa shape index (κ2) is 6.47. The number of nitrogens with zero attached hydrogens (tertiary/aromatic N) is 4. The third kappa shape index (κ3) is 4.37. The summed E-state index contributed by atoms with van der Waals surface area (Å²) in [5.74, 6) is 2.43. The molecule has 0 fully saturated rings. The average molecular weight is 286 g/mol. The fourth-order valence-corrected chi connectivity index (χ4v) is 1.75. The van der Waals surface area contributed by atoms with Crippen LogP contribution < -0.4 is 10.6 Å². The van der Waals surface area contributed by atoms with Crippen LogP contribution in [0.3, 0.4) is 0 Å². The standard InChI is InChI=1S/C15H22N6/c1-5-16-12-9-13(20-14(19-12)15(2,3)4)17-10-11-7-6-8-18-21-11/h6-9H,5,10H2,1-4H3,(H2,16,17,19,20). The van der Waals surface area contributed by atoms with E-state index >= 15 is 0 Å². The molecule has 0 aliphatic carbocycles. The van der Waals surface area contributed by atoms with Gasteiger partial charge in [0.25, 0.3) is 0 Å². The lowest BCUT2D eigenvalue weighted by Crippen LogP contribution is -2.18. The molecular formula is C15H22N6. The molecule has 6 nitrogen and oxygen atoms in total. The first kappa shape index (κ1) is 15.2. The van der Waals surface area contributed by atoms with Crippen LogP contribution >= 0.6 is 0 Å². The van der Waals surface area contributed by atoms with Gasteiger partial charge in [0.2, 0.25) is 0 Å². The van der Waals surface area contributed by atoms with E-state index in [1.54, 1.807) is 6.20 Å². The van der Waals surface area contributed by atoms with Crippen LogP contribution in [0.1, 0.15) is 39.2 Å². The lowest BCUT2D eigenvalue weighted by atomic mass is 9.96. The van der Waals surface area contributed by atoms with E-state index in [-0.39, 0.29) is 5.41 Å². The molecule has 2 aromatic heterocycles. The highest BCUT2D eigenvalue weighted by Crippen LogP contribution is 2.22. The molecule has 21 heavy (non-hydrogen) atoms. The number of nitrogens with one attached hydrogen (secondary N) is 2. The van der Waals surface area contributed by atoms with E-state index in [4.69, 9.17) is 0 Å². The molecule has 0 bridgehead atoms. The third-order valence-corrected chi connectivity index (χ3v) is 2.83.